The largest absolute Gasteiger partial charge is 0.497 e. The van der Waals surface area contributed by atoms with Crippen molar-refractivity contribution in [3.05, 3.63) is 77.4 Å². The van der Waals surface area contributed by atoms with Gasteiger partial charge in [0.25, 0.3) is 0 Å². The molecule has 0 spiro atoms. The third-order valence-corrected chi connectivity index (χ3v) is 5.87. The van der Waals surface area contributed by atoms with Gasteiger partial charge in [-0.05, 0) is 35.4 Å². The van der Waals surface area contributed by atoms with Crippen molar-refractivity contribution in [3.63, 3.8) is 0 Å². The van der Waals surface area contributed by atoms with Crippen molar-refractivity contribution in [1.29, 1.82) is 5.26 Å². The van der Waals surface area contributed by atoms with Crippen LogP contribution >= 0.6 is 0 Å². The summed E-state index contributed by atoms with van der Waals surface area (Å²) in [5.74, 6) is 1.36. The standard InChI is InChI=1S/C21H22N4O4S/c1-25-9-8-23-21(25)20(17-10-18(28-2)12-19(11-17)29-3)24-30(26,27)14-16-6-4-15(13-22)5-7-16/h4-12,20,24H,14H2,1-3H3/t20-/m1/s1. The number of hydrogen-bond donors (Lipinski definition) is 1. The average Bonchev–Trinajstić information content (AvgIpc) is 3.17. The highest BCUT2D eigenvalue weighted by Gasteiger charge is 2.26. The first-order valence-electron chi connectivity index (χ1n) is 9.04. The fraction of sp³-hybridized carbons (Fsp3) is 0.238. The van der Waals surface area contributed by atoms with Crippen LogP contribution in [0.5, 0.6) is 11.5 Å². The Hall–Kier alpha value is -3.35. The first-order chi connectivity index (χ1) is 14.3. The lowest BCUT2D eigenvalue weighted by Gasteiger charge is -2.20. The summed E-state index contributed by atoms with van der Waals surface area (Å²) in [5, 5.41) is 8.91. The molecule has 156 valence electrons. The van der Waals surface area contributed by atoms with Gasteiger partial charge < -0.3 is 14.0 Å². The number of nitriles is 1. The van der Waals surface area contributed by atoms with Gasteiger partial charge in [0.05, 0.1) is 31.6 Å². The highest BCUT2D eigenvalue weighted by atomic mass is 32.2. The normalized spacial score (nSPS) is 12.2. The molecule has 0 aliphatic rings. The van der Waals surface area contributed by atoms with Crippen LogP contribution in [0.2, 0.25) is 0 Å². The molecule has 0 aliphatic carbocycles. The third-order valence-electron chi connectivity index (χ3n) is 4.56. The molecule has 0 bridgehead atoms. The molecule has 9 heteroatoms. The minimum Gasteiger partial charge on any atom is -0.497 e. The Bertz CT molecular complexity index is 1140. The van der Waals surface area contributed by atoms with E-state index in [1.54, 1.807) is 66.5 Å². The van der Waals surface area contributed by atoms with Gasteiger partial charge in [0, 0.05) is 25.5 Å². The summed E-state index contributed by atoms with van der Waals surface area (Å²) < 4.78 is 41.1. The molecule has 30 heavy (non-hydrogen) atoms. The zero-order valence-electron chi connectivity index (χ0n) is 16.9. The topological polar surface area (TPSA) is 106 Å². The Kier molecular flexibility index (Phi) is 6.40. The Labute approximate surface area is 175 Å². The van der Waals surface area contributed by atoms with E-state index in [4.69, 9.17) is 14.7 Å². The van der Waals surface area contributed by atoms with Gasteiger partial charge in [-0.15, -0.1) is 0 Å². The number of rotatable bonds is 8. The SMILES string of the molecule is COc1cc(OC)cc([C@@H](NS(=O)(=O)Cc2ccc(C#N)cc2)c2nccn2C)c1. The summed E-state index contributed by atoms with van der Waals surface area (Å²) >= 11 is 0. The highest BCUT2D eigenvalue weighted by Crippen LogP contribution is 2.30. The summed E-state index contributed by atoms with van der Waals surface area (Å²) in [6.07, 6.45) is 3.35. The van der Waals surface area contributed by atoms with Gasteiger partial charge >= 0.3 is 0 Å². The second-order valence-electron chi connectivity index (χ2n) is 6.66. The predicted molar refractivity (Wildman–Crippen MR) is 112 cm³/mol. The molecule has 1 aromatic heterocycles. The van der Waals surface area contributed by atoms with Gasteiger partial charge in [-0.3, -0.25) is 0 Å². The molecule has 0 saturated heterocycles. The summed E-state index contributed by atoms with van der Waals surface area (Å²) in [5.41, 5.74) is 1.67. The number of aryl methyl sites for hydroxylation is 1. The third kappa shape index (κ3) is 4.97. The van der Waals surface area contributed by atoms with Crippen molar-refractivity contribution < 1.29 is 17.9 Å². The molecular weight excluding hydrogens is 404 g/mol. The molecule has 1 heterocycles. The zero-order chi connectivity index (χ0) is 21.7. The smallest absolute Gasteiger partial charge is 0.216 e. The minimum absolute atomic E-state index is 0.235. The maximum atomic E-state index is 13.0. The van der Waals surface area contributed by atoms with E-state index in [9.17, 15) is 8.42 Å². The number of methoxy groups -OCH3 is 2. The number of ether oxygens (including phenoxy) is 2. The summed E-state index contributed by atoms with van der Waals surface area (Å²) in [6.45, 7) is 0. The van der Waals surface area contributed by atoms with Gasteiger partial charge in [-0.1, -0.05) is 12.1 Å². The van der Waals surface area contributed by atoms with Crippen LogP contribution in [-0.4, -0.2) is 32.2 Å². The second-order valence-corrected chi connectivity index (χ2v) is 8.41. The van der Waals surface area contributed by atoms with Crippen LogP contribution < -0.4 is 14.2 Å². The maximum absolute atomic E-state index is 13.0. The lowest BCUT2D eigenvalue weighted by molar-refractivity contribution is 0.392. The molecule has 1 N–H and O–H groups in total. The Morgan fingerprint density at radius 3 is 2.27 bits per heavy atom. The van der Waals surface area contributed by atoms with Gasteiger partial charge in [0.1, 0.15) is 23.4 Å². The Morgan fingerprint density at radius 1 is 1.13 bits per heavy atom. The fourth-order valence-corrected chi connectivity index (χ4v) is 4.35. The number of nitrogens with zero attached hydrogens (tertiary/aromatic N) is 3. The fourth-order valence-electron chi connectivity index (χ4n) is 3.04. The number of imidazole rings is 1. The number of hydrogen-bond acceptors (Lipinski definition) is 6. The van der Waals surface area contributed by atoms with E-state index in [0.29, 0.717) is 34.0 Å². The number of benzene rings is 2. The Balaban J connectivity index is 1.97. The molecule has 3 aromatic rings. The predicted octanol–water partition coefficient (Wildman–Crippen LogP) is 2.52. The van der Waals surface area contributed by atoms with Crippen molar-refractivity contribution in [2.24, 2.45) is 7.05 Å². The maximum Gasteiger partial charge on any atom is 0.216 e. The monoisotopic (exact) mass is 426 g/mol. The lowest BCUT2D eigenvalue weighted by Crippen LogP contribution is -2.32. The van der Waals surface area contributed by atoms with Crippen LogP contribution in [0, 0.1) is 11.3 Å². The second kappa shape index (κ2) is 8.98. The molecule has 0 unspecified atom stereocenters. The summed E-state index contributed by atoms with van der Waals surface area (Å²) in [6, 6.07) is 12.9. The van der Waals surface area contributed by atoms with Crippen LogP contribution in [0.1, 0.15) is 28.6 Å². The molecule has 3 rings (SSSR count). The van der Waals surface area contributed by atoms with E-state index in [0.717, 1.165) is 0 Å². The molecule has 8 nitrogen and oxygen atoms in total. The lowest BCUT2D eigenvalue weighted by atomic mass is 10.1. The molecule has 0 saturated carbocycles. The number of nitrogens with one attached hydrogen (secondary N) is 1. The first-order valence-corrected chi connectivity index (χ1v) is 10.7. The van der Waals surface area contributed by atoms with Crippen LogP contribution in [0.3, 0.4) is 0 Å². The summed E-state index contributed by atoms with van der Waals surface area (Å²) in [7, 11) is 1.10. The van der Waals surface area contributed by atoms with Crippen LogP contribution in [0.4, 0.5) is 0 Å². The van der Waals surface area contributed by atoms with E-state index in [1.165, 1.54) is 14.2 Å². The molecular formula is C21H22N4O4S. The van der Waals surface area contributed by atoms with Gasteiger partial charge in [0.15, 0.2) is 0 Å². The van der Waals surface area contributed by atoms with Crippen molar-refractivity contribution >= 4 is 10.0 Å². The first kappa shape index (κ1) is 21.4. The van der Waals surface area contributed by atoms with Crippen molar-refractivity contribution in [2.45, 2.75) is 11.8 Å². The molecule has 0 fully saturated rings. The van der Waals surface area contributed by atoms with Crippen LogP contribution in [0.15, 0.2) is 54.9 Å². The zero-order valence-corrected chi connectivity index (χ0v) is 17.7. The number of sulfonamides is 1. The van der Waals surface area contributed by atoms with Gasteiger partial charge in [-0.2, -0.15) is 9.98 Å². The van der Waals surface area contributed by atoms with Gasteiger partial charge in [-0.25, -0.2) is 13.4 Å². The molecule has 2 aromatic carbocycles. The minimum atomic E-state index is -3.75. The van der Waals surface area contributed by atoms with Crippen LogP contribution in [-0.2, 0) is 22.8 Å². The van der Waals surface area contributed by atoms with E-state index >= 15 is 0 Å². The average molecular weight is 426 g/mol. The van der Waals surface area contributed by atoms with E-state index in [-0.39, 0.29) is 5.75 Å². The van der Waals surface area contributed by atoms with Crippen LogP contribution in [0.25, 0.3) is 0 Å². The summed E-state index contributed by atoms with van der Waals surface area (Å²) in [4.78, 5) is 4.34. The van der Waals surface area contributed by atoms with Crippen molar-refractivity contribution in [2.75, 3.05) is 14.2 Å². The van der Waals surface area contributed by atoms with E-state index in [2.05, 4.69) is 9.71 Å². The quantitative estimate of drug-likeness (QED) is 0.593. The van der Waals surface area contributed by atoms with Crippen molar-refractivity contribution in [1.82, 2.24) is 14.3 Å². The van der Waals surface area contributed by atoms with E-state index in [1.807, 2.05) is 6.07 Å². The molecule has 0 amide bonds. The van der Waals surface area contributed by atoms with Gasteiger partial charge in [0.2, 0.25) is 10.0 Å². The van der Waals surface area contributed by atoms with Crippen molar-refractivity contribution in [3.8, 4) is 17.6 Å². The molecule has 0 radical (unpaired) electrons. The highest BCUT2D eigenvalue weighted by molar-refractivity contribution is 7.88. The Morgan fingerprint density at radius 2 is 1.77 bits per heavy atom. The molecule has 1 atom stereocenters. The molecule has 0 aliphatic heterocycles. The van der Waals surface area contributed by atoms with E-state index < -0.39 is 16.1 Å². The number of aromatic nitrogens is 2.